The summed E-state index contributed by atoms with van der Waals surface area (Å²) in [7, 11) is 1.62. The van der Waals surface area contributed by atoms with E-state index in [9.17, 15) is 0 Å². The number of benzene rings is 7. The van der Waals surface area contributed by atoms with Crippen LogP contribution >= 0.6 is 0 Å². The Hall–Kier alpha value is -5.90. The van der Waals surface area contributed by atoms with E-state index in [0.717, 1.165) is 38.9 Å². The summed E-state index contributed by atoms with van der Waals surface area (Å²) in [6, 6.07) is 70.4. The Morgan fingerprint density at radius 2 is 0.676 bits per heavy atom. The van der Waals surface area contributed by atoms with Gasteiger partial charge in [-0.2, -0.15) is 0 Å². The van der Waals surface area contributed by atoms with Crippen LogP contribution in [-0.4, -0.2) is 81.2 Å². The van der Waals surface area contributed by atoms with Crippen molar-refractivity contribution in [2.75, 3.05) is 20.3 Å². The smallest absolute Gasteiger partial charge is 0.195 e. The molecule has 0 spiro atoms. The van der Waals surface area contributed by atoms with Gasteiger partial charge in [-0.05, 0) is 45.9 Å². The molecule has 0 unspecified atom stereocenters. The van der Waals surface area contributed by atoms with E-state index < -0.39 is 60.9 Å². The molecule has 10 atom stereocenters. The Morgan fingerprint density at radius 3 is 1.07 bits per heavy atom. The summed E-state index contributed by atoms with van der Waals surface area (Å²) in [4.78, 5) is 0. The summed E-state index contributed by atoms with van der Waals surface area (Å²) in [6.45, 7) is 4.10. The van der Waals surface area contributed by atoms with Crippen LogP contribution in [0.1, 0.15) is 45.9 Å². The van der Waals surface area contributed by atoms with Crippen molar-refractivity contribution in [2.24, 2.45) is 0 Å². The molecule has 11 heteroatoms. The molecule has 2 fully saturated rings. The molecule has 9 rings (SSSR count). The third-order valence-electron chi connectivity index (χ3n) is 13.3. The van der Waals surface area contributed by atoms with Crippen LogP contribution in [0, 0.1) is 0 Å². The summed E-state index contributed by atoms with van der Waals surface area (Å²) < 4.78 is 76.7. The molecule has 0 N–H and O–H groups in total. The summed E-state index contributed by atoms with van der Waals surface area (Å²) in [5, 5.41) is 0. The van der Waals surface area contributed by atoms with E-state index in [4.69, 9.17) is 52.1 Å². The molecule has 2 saturated heterocycles. The van der Waals surface area contributed by atoms with Crippen LogP contribution in [0.3, 0.4) is 0 Å². The molecular formula is C63H68O11. The number of ether oxygens (including phenoxy) is 11. The van der Waals surface area contributed by atoms with Crippen molar-refractivity contribution in [2.45, 2.75) is 114 Å². The molecule has 0 radical (unpaired) electrons. The van der Waals surface area contributed by atoms with Gasteiger partial charge < -0.3 is 52.1 Å². The zero-order chi connectivity index (χ0) is 50.6. The standard InChI is InChI=1S/C63H68O11/c1-63(74-57-54(45-65-38-47-24-10-3-11-25-47)72-62(64-2)60(70-43-52-34-20-8-21-35-52)58(57)68-41-50-30-16-6-17-31-50)61(71-44-53-36-22-9-23-37-53)59(69-42-51-32-18-7-19-33-51)56(67-40-49-28-14-5-15-29-49)55(73-63)46-66-39-48-26-12-4-13-27-48/h3-37,54-62H,38-46H2,1-2H3/t54-,55-,56+,57-,58+,59+,60-,61-,62+,63-/m1/s1. The summed E-state index contributed by atoms with van der Waals surface area (Å²) >= 11 is 0. The van der Waals surface area contributed by atoms with Crippen molar-refractivity contribution < 1.29 is 52.1 Å². The van der Waals surface area contributed by atoms with E-state index in [1.807, 2.05) is 219 Å². The Labute approximate surface area is 436 Å². The number of methoxy groups -OCH3 is 1. The van der Waals surface area contributed by atoms with Crippen molar-refractivity contribution in [1.82, 2.24) is 0 Å². The lowest BCUT2D eigenvalue weighted by Crippen LogP contribution is -2.70. The molecule has 2 aliphatic rings. The SMILES string of the molecule is CO[C@H]1O[C@H](COCc2ccccc2)[C@@H](O[C@@]2(C)O[C@H](COCc3ccccc3)[C@H](OCc3ccccc3)[C@H](OCc3ccccc3)[C@H]2OCc2ccccc2)[C@H](OCc2ccccc2)[C@H]1OCc1ccccc1. The van der Waals surface area contributed by atoms with Crippen LogP contribution in [-0.2, 0) is 98.4 Å². The molecule has 386 valence electrons. The highest BCUT2D eigenvalue weighted by Gasteiger charge is 2.59. The molecule has 7 aromatic carbocycles. The van der Waals surface area contributed by atoms with Crippen LogP contribution in [0.15, 0.2) is 212 Å². The first-order valence-corrected chi connectivity index (χ1v) is 25.6. The predicted molar refractivity (Wildman–Crippen MR) is 281 cm³/mol. The second-order valence-corrected chi connectivity index (χ2v) is 18.8. The summed E-state index contributed by atoms with van der Waals surface area (Å²) in [5.41, 5.74) is 6.92. The van der Waals surface area contributed by atoms with Gasteiger partial charge >= 0.3 is 0 Å². The normalized spacial score (nSPS) is 24.9. The molecule has 0 saturated carbocycles. The first-order valence-electron chi connectivity index (χ1n) is 25.6. The molecule has 7 aromatic rings. The van der Waals surface area contributed by atoms with E-state index in [0.29, 0.717) is 13.2 Å². The fraction of sp³-hybridized carbons (Fsp3) is 0.333. The lowest BCUT2D eigenvalue weighted by atomic mass is 9.91. The number of hydrogen-bond donors (Lipinski definition) is 0. The van der Waals surface area contributed by atoms with Gasteiger partial charge in [0.15, 0.2) is 12.1 Å². The van der Waals surface area contributed by atoms with Crippen molar-refractivity contribution in [3.05, 3.63) is 251 Å². The van der Waals surface area contributed by atoms with Gasteiger partial charge in [0.25, 0.3) is 0 Å². The quantitative estimate of drug-likeness (QED) is 0.0518. The Balaban J connectivity index is 1.13. The maximum atomic E-state index is 7.70. The maximum Gasteiger partial charge on any atom is 0.195 e. The molecule has 2 heterocycles. The van der Waals surface area contributed by atoms with Crippen LogP contribution in [0.5, 0.6) is 0 Å². The second-order valence-electron chi connectivity index (χ2n) is 18.8. The molecule has 0 aliphatic carbocycles. The van der Waals surface area contributed by atoms with Crippen molar-refractivity contribution >= 4 is 0 Å². The fourth-order valence-electron chi connectivity index (χ4n) is 9.51. The van der Waals surface area contributed by atoms with E-state index in [-0.39, 0.29) is 46.2 Å². The van der Waals surface area contributed by atoms with Crippen molar-refractivity contribution in [3.63, 3.8) is 0 Å². The highest BCUT2D eigenvalue weighted by atomic mass is 16.8. The van der Waals surface area contributed by atoms with Crippen LogP contribution in [0.25, 0.3) is 0 Å². The maximum absolute atomic E-state index is 7.70. The van der Waals surface area contributed by atoms with Gasteiger partial charge in [0.1, 0.15) is 48.8 Å². The van der Waals surface area contributed by atoms with Gasteiger partial charge in [-0.3, -0.25) is 0 Å². The zero-order valence-corrected chi connectivity index (χ0v) is 42.3. The first-order chi connectivity index (χ1) is 36.5. The topological polar surface area (TPSA) is 102 Å². The molecule has 11 nitrogen and oxygen atoms in total. The van der Waals surface area contributed by atoms with Gasteiger partial charge in [0.2, 0.25) is 0 Å². The van der Waals surface area contributed by atoms with E-state index in [1.54, 1.807) is 7.11 Å². The third kappa shape index (κ3) is 14.9. The van der Waals surface area contributed by atoms with E-state index in [2.05, 4.69) is 0 Å². The minimum Gasteiger partial charge on any atom is -0.374 e. The molecular weight excluding hydrogens is 933 g/mol. The van der Waals surface area contributed by atoms with Gasteiger partial charge in [0.05, 0.1) is 59.5 Å². The monoisotopic (exact) mass is 1000 g/mol. The Kier molecular flexibility index (Phi) is 19.7. The van der Waals surface area contributed by atoms with E-state index in [1.165, 1.54) is 0 Å². The van der Waals surface area contributed by atoms with Gasteiger partial charge in [-0.1, -0.05) is 212 Å². The number of hydrogen-bond acceptors (Lipinski definition) is 11. The molecule has 2 aliphatic heterocycles. The third-order valence-corrected chi connectivity index (χ3v) is 13.3. The average Bonchev–Trinajstić information content (AvgIpc) is 3.45. The fourth-order valence-corrected chi connectivity index (χ4v) is 9.51. The predicted octanol–water partition coefficient (Wildman–Crippen LogP) is 11.2. The average molecular weight is 1000 g/mol. The van der Waals surface area contributed by atoms with Crippen molar-refractivity contribution in [1.29, 1.82) is 0 Å². The molecule has 0 amide bonds. The molecule has 0 aromatic heterocycles. The summed E-state index contributed by atoms with van der Waals surface area (Å²) in [6.07, 6.45) is -7.25. The van der Waals surface area contributed by atoms with Gasteiger partial charge in [-0.15, -0.1) is 0 Å². The highest BCUT2D eigenvalue weighted by Crippen LogP contribution is 2.42. The zero-order valence-electron chi connectivity index (χ0n) is 42.3. The second kappa shape index (κ2) is 27.6. The van der Waals surface area contributed by atoms with Crippen LogP contribution in [0.4, 0.5) is 0 Å². The lowest BCUT2D eigenvalue weighted by molar-refractivity contribution is -0.413. The Morgan fingerprint density at radius 1 is 0.351 bits per heavy atom. The largest absolute Gasteiger partial charge is 0.374 e. The van der Waals surface area contributed by atoms with Gasteiger partial charge in [0, 0.05) is 7.11 Å². The molecule has 0 bridgehead atoms. The van der Waals surface area contributed by atoms with Crippen LogP contribution < -0.4 is 0 Å². The van der Waals surface area contributed by atoms with Crippen LogP contribution in [0.2, 0.25) is 0 Å². The minimum absolute atomic E-state index is 0.113. The van der Waals surface area contributed by atoms with Gasteiger partial charge in [-0.25, -0.2) is 0 Å². The van der Waals surface area contributed by atoms with E-state index >= 15 is 0 Å². The molecule has 74 heavy (non-hydrogen) atoms. The van der Waals surface area contributed by atoms with Crippen molar-refractivity contribution in [3.8, 4) is 0 Å². The Bertz CT molecular complexity index is 2620. The lowest BCUT2D eigenvalue weighted by Gasteiger charge is -2.54. The first kappa shape index (κ1) is 52.9. The minimum atomic E-state index is -1.59. The number of rotatable bonds is 26. The summed E-state index contributed by atoms with van der Waals surface area (Å²) in [5.74, 6) is -1.59. The highest BCUT2D eigenvalue weighted by molar-refractivity contribution is 5.19.